The van der Waals surface area contributed by atoms with Crippen molar-refractivity contribution < 1.29 is 9.18 Å². The molecule has 0 aromatic carbocycles. The molecule has 0 fully saturated rings. The lowest BCUT2D eigenvalue weighted by Gasteiger charge is -1.99. The van der Waals surface area contributed by atoms with Crippen LogP contribution in [0.1, 0.15) is 10.5 Å². The van der Waals surface area contributed by atoms with E-state index in [2.05, 4.69) is 9.97 Å². The summed E-state index contributed by atoms with van der Waals surface area (Å²) in [7, 11) is 0. The van der Waals surface area contributed by atoms with Gasteiger partial charge in [-0.05, 0) is 17.5 Å². The van der Waals surface area contributed by atoms with E-state index < -0.39 is 5.91 Å². The largest absolute Gasteiger partial charge is 0.364 e. The number of hydrogen-bond acceptors (Lipinski definition) is 3. The van der Waals surface area contributed by atoms with Crippen LogP contribution in [0.2, 0.25) is 0 Å². The summed E-state index contributed by atoms with van der Waals surface area (Å²) in [5.41, 5.74) is 6.70. The van der Waals surface area contributed by atoms with Crippen molar-refractivity contribution >= 4 is 28.1 Å². The zero-order valence-electron chi connectivity index (χ0n) is 9.11. The molecular formula is C12H8FN3OS. The van der Waals surface area contributed by atoms with Gasteiger partial charge in [-0.1, -0.05) is 0 Å². The van der Waals surface area contributed by atoms with Gasteiger partial charge in [-0.15, -0.1) is 11.3 Å². The molecule has 3 aromatic heterocycles. The second kappa shape index (κ2) is 3.92. The molecule has 1 amide bonds. The van der Waals surface area contributed by atoms with Crippen LogP contribution in [-0.4, -0.2) is 15.9 Å². The van der Waals surface area contributed by atoms with Gasteiger partial charge in [0.25, 0.3) is 5.91 Å². The van der Waals surface area contributed by atoms with Crippen LogP contribution in [0.3, 0.4) is 0 Å². The Hall–Kier alpha value is -2.21. The highest BCUT2D eigenvalue weighted by Gasteiger charge is 2.20. The molecule has 90 valence electrons. The van der Waals surface area contributed by atoms with Crippen LogP contribution in [0.15, 0.2) is 29.9 Å². The first-order chi connectivity index (χ1) is 8.68. The van der Waals surface area contributed by atoms with Crippen LogP contribution < -0.4 is 5.73 Å². The average Bonchev–Trinajstić information content (AvgIpc) is 2.92. The van der Waals surface area contributed by atoms with Gasteiger partial charge in [0, 0.05) is 17.1 Å². The summed E-state index contributed by atoms with van der Waals surface area (Å²) in [4.78, 5) is 18.7. The molecule has 3 N–H and O–H groups in total. The quantitative estimate of drug-likeness (QED) is 0.744. The SMILES string of the molecule is NC(=O)c1[nH]c2cnccc2c1-c1sccc1F. The maximum absolute atomic E-state index is 13.7. The summed E-state index contributed by atoms with van der Waals surface area (Å²) in [6.07, 6.45) is 3.17. The van der Waals surface area contributed by atoms with Crippen molar-refractivity contribution in [1.29, 1.82) is 0 Å². The number of fused-ring (bicyclic) bond motifs is 1. The lowest BCUT2D eigenvalue weighted by Crippen LogP contribution is -2.12. The van der Waals surface area contributed by atoms with Gasteiger partial charge < -0.3 is 10.7 Å². The minimum absolute atomic E-state index is 0.208. The number of amides is 1. The first-order valence-electron chi connectivity index (χ1n) is 5.17. The second-order valence-corrected chi connectivity index (χ2v) is 4.67. The van der Waals surface area contributed by atoms with E-state index in [0.29, 0.717) is 16.0 Å². The predicted octanol–water partition coefficient (Wildman–Crippen LogP) is 2.53. The molecule has 0 radical (unpaired) electrons. The monoisotopic (exact) mass is 261 g/mol. The van der Waals surface area contributed by atoms with Crippen molar-refractivity contribution in [3.63, 3.8) is 0 Å². The van der Waals surface area contributed by atoms with E-state index in [9.17, 15) is 9.18 Å². The minimum Gasteiger partial charge on any atom is -0.364 e. The number of thiophene rings is 1. The molecule has 0 saturated carbocycles. The van der Waals surface area contributed by atoms with E-state index in [1.165, 1.54) is 17.4 Å². The van der Waals surface area contributed by atoms with Crippen LogP contribution in [0.4, 0.5) is 4.39 Å². The van der Waals surface area contributed by atoms with E-state index in [0.717, 1.165) is 5.39 Å². The molecule has 4 nitrogen and oxygen atoms in total. The minimum atomic E-state index is -0.617. The van der Waals surface area contributed by atoms with Crippen LogP contribution in [-0.2, 0) is 0 Å². The number of carbonyl (C=O) groups excluding carboxylic acids is 1. The summed E-state index contributed by atoms with van der Waals surface area (Å²) in [5.74, 6) is -0.978. The number of hydrogen-bond donors (Lipinski definition) is 2. The Bertz CT molecular complexity index is 747. The smallest absolute Gasteiger partial charge is 0.265 e. The number of nitrogens with one attached hydrogen (secondary N) is 1. The molecule has 18 heavy (non-hydrogen) atoms. The molecule has 3 aromatic rings. The normalized spacial score (nSPS) is 10.9. The molecule has 0 aliphatic rings. The molecule has 3 heterocycles. The second-order valence-electron chi connectivity index (χ2n) is 3.76. The van der Waals surface area contributed by atoms with Crippen LogP contribution >= 0.6 is 11.3 Å². The number of pyridine rings is 1. The fraction of sp³-hybridized carbons (Fsp3) is 0. The molecule has 0 unspecified atom stereocenters. The third-order valence-corrected chi connectivity index (χ3v) is 3.60. The number of aromatic nitrogens is 2. The number of aromatic amines is 1. The van der Waals surface area contributed by atoms with E-state index in [1.54, 1.807) is 23.8 Å². The molecule has 0 aliphatic carbocycles. The summed E-state index contributed by atoms with van der Waals surface area (Å²) >= 11 is 1.23. The standard InChI is InChI=1S/C12H8FN3OS/c13-7-2-4-18-11(7)9-6-1-3-15-5-8(6)16-10(9)12(14)17/h1-5,16H,(H2,14,17). The van der Waals surface area contributed by atoms with Gasteiger partial charge in [0.1, 0.15) is 11.5 Å². The summed E-state index contributed by atoms with van der Waals surface area (Å²) in [5, 5.41) is 2.37. The number of nitrogens with zero attached hydrogens (tertiary/aromatic N) is 1. The first kappa shape index (κ1) is 10.9. The highest BCUT2D eigenvalue weighted by atomic mass is 32.1. The number of halogens is 1. The maximum Gasteiger partial charge on any atom is 0.265 e. The Morgan fingerprint density at radius 1 is 1.44 bits per heavy atom. The summed E-state index contributed by atoms with van der Waals surface area (Å²) in [6.45, 7) is 0. The number of H-pyrrole nitrogens is 1. The number of primary amides is 1. The van der Waals surface area contributed by atoms with Gasteiger partial charge in [0.05, 0.1) is 16.6 Å². The molecule has 0 atom stereocenters. The highest BCUT2D eigenvalue weighted by Crippen LogP contribution is 2.36. The zero-order valence-corrected chi connectivity index (χ0v) is 9.92. The fourth-order valence-electron chi connectivity index (χ4n) is 1.94. The Kier molecular flexibility index (Phi) is 2.38. The molecule has 0 aliphatic heterocycles. The predicted molar refractivity (Wildman–Crippen MR) is 67.9 cm³/mol. The molecule has 0 bridgehead atoms. The number of rotatable bonds is 2. The Morgan fingerprint density at radius 2 is 2.28 bits per heavy atom. The lowest BCUT2D eigenvalue weighted by atomic mass is 10.1. The lowest BCUT2D eigenvalue weighted by molar-refractivity contribution is 0.0997. The number of nitrogens with two attached hydrogens (primary N) is 1. The van der Waals surface area contributed by atoms with Gasteiger partial charge in [0.15, 0.2) is 0 Å². The van der Waals surface area contributed by atoms with Crippen molar-refractivity contribution in [1.82, 2.24) is 9.97 Å². The van der Waals surface area contributed by atoms with E-state index in [1.807, 2.05) is 0 Å². The van der Waals surface area contributed by atoms with E-state index in [4.69, 9.17) is 5.73 Å². The molecule has 0 spiro atoms. The summed E-state index contributed by atoms with van der Waals surface area (Å²) < 4.78 is 13.7. The van der Waals surface area contributed by atoms with Crippen molar-refractivity contribution in [3.05, 3.63) is 41.4 Å². The van der Waals surface area contributed by atoms with Crippen molar-refractivity contribution in [2.75, 3.05) is 0 Å². The van der Waals surface area contributed by atoms with Crippen LogP contribution in [0, 0.1) is 5.82 Å². The van der Waals surface area contributed by atoms with E-state index >= 15 is 0 Å². The Morgan fingerprint density at radius 3 is 2.94 bits per heavy atom. The van der Waals surface area contributed by atoms with Gasteiger partial charge in [0.2, 0.25) is 0 Å². The van der Waals surface area contributed by atoms with Crippen LogP contribution in [0.25, 0.3) is 21.3 Å². The zero-order chi connectivity index (χ0) is 12.7. The molecule has 3 rings (SSSR count). The van der Waals surface area contributed by atoms with Crippen LogP contribution in [0.5, 0.6) is 0 Å². The van der Waals surface area contributed by atoms with Crippen molar-refractivity contribution in [2.45, 2.75) is 0 Å². The maximum atomic E-state index is 13.7. The van der Waals surface area contributed by atoms with Crippen molar-refractivity contribution in [3.8, 4) is 10.4 Å². The van der Waals surface area contributed by atoms with Gasteiger partial charge in [-0.2, -0.15) is 0 Å². The molecule has 6 heteroatoms. The van der Waals surface area contributed by atoms with Crippen molar-refractivity contribution in [2.24, 2.45) is 5.73 Å². The highest BCUT2D eigenvalue weighted by molar-refractivity contribution is 7.13. The van der Waals surface area contributed by atoms with Gasteiger partial charge in [-0.3, -0.25) is 9.78 Å². The summed E-state index contributed by atoms with van der Waals surface area (Å²) in [6, 6.07) is 3.09. The fourth-order valence-corrected chi connectivity index (χ4v) is 2.77. The number of carbonyl (C=O) groups is 1. The Labute approximate surface area is 105 Å². The topological polar surface area (TPSA) is 71.8 Å². The third-order valence-electron chi connectivity index (χ3n) is 2.69. The average molecular weight is 261 g/mol. The van der Waals surface area contributed by atoms with Gasteiger partial charge >= 0.3 is 0 Å². The van der Waals surface area contributed by atoms with E-state index in [-0.39, 0.29) is 11.5 Å². The Balaban J connectivity index is 2.42. The third kappa shape index (κ3) is 1.50. The molecular weight excluding hydrogens is 253 g/mol. The van der Waals surface area contributed by atoms with Gasteiger partial charge in [-0.25, -0.2) is 4.39 Å². The first-order valence-corrected chi connectivity index (χ1v) is 6.05. The molecule has 0 saturated heterocycles.